The van der Waals surface area contributed by atoms with Gasteiger partial charge in [-0.25, -0.2) is 8.78 Å². The number of alkyl halides is 3. The van der Waals surface area contributed by atoms with E-state index in [0.29, 0.717) is 18.9 Å². The molecule has 2 rings (SSSR count). The van der Waals surface area contributed by atoms with Crippen molar-refractivity contribution in [1.29, 1.82) is 0 Å². The van der Waals surface area contributed by atoms with Gasteiger partial charge in [-0.15, -0.1) is 0 Å². The highest BCUT2D eigenvalue weighted by atomic mass is 32.2. The van der Waals surface area contributed by atoms with E-state index in [-0.39, 0.29) is 5.56 Å². The first-order valence-corrected chi connectivity index (χ1v) is 7.79. The maximum absolute atomic E-state index is 13.6. The Bertz CT molecular complexity index is 643. The Hall–Kier alpha value is -1.26. The lowest BCUT2D eigenvalue weighted by Crippen LogP contribution is -2.45. The Morgan fingerprint density at radius 2 is 1.86 bits per heavy atom. The van der Waals surface area contributed by atoms with E-state index < -0.39 is 47.2 Å². The average molecular weight is 344 g/mol. The fraction of sp³-hybridized carbons (Fsp3) is 0.500. The van der Waals surface area contributed by atoms with Crippen LogP contribution in [0.4, 0.5) is 22.0 Å². The molecule has 1 saturated carbocycles. The number of nitrogens with one attached hydrogen (secondary N) is 1. The van der Waals surface area contributed by atoms with Crippen molar-refractivity contribution in [3.05, 3.63) is 35.4 Å². The molecule has 1 aromatic rings. The second kappa shape index (κ2) is 6.09. The molecule has 1 N–H and O–H groups in total. The summed E-state index contributed by atoms with van der Waals surface area (Å²) < 4.78 is 89.0. The fourth-order valence-corrected chi connectivity index (χ4v) is 3.27. The highest BCUT2D eigenvalue weighted by Gasteiger charge is 2.39. The summed E-state index contributed by atoms with van der Waals surface area (Å²) in [5.41, 5.74) is -0.106. The average Bonchev–Trinajstić information content (AvgIpc) is 3.19. The molecular formula is C12H13F5N2O2S. The van der Waals surface area contributed by atoms with E-state index in [1.54, 1.807) is 0 Å². The number of hydrogen-bond donors (Lipinski definition) is 1. The Morgan fingerprint density at radius 1 is 1.23 bits per heavy atom. The maximum atomic E-state index is 13.6. The summed E-state index contributed by atoms with van der Waals surface area (Å²) in [6.45, 7) is -2.16. The SMILES string of the molecule is O=S(=O)(NCC(F)(F)F)N(Cc1ccc(F)cc1F)C1CC1. The minimum absolute atomic E-state index is 0.106. The van der Waals surface area contributed by atoms with Crippen LogP contribution in [0.3, 0.4) is 0 Å². The lowest BCUT2D eigenvalue weighted by Gasteiger charge is -2.23. The molecule has 1 aromatic carbocycles. The van der Waals surface area contributed by atoms with E-state index >= 15 is 0 Å². The van der Waals surface area contributed by atoms with Gasteiger partial charge in [0.15, 0.2) is 0 Å². The van der Waals surface area contributed by atoms with Gasteiger partial charge in [0.05, 0.1) is 0 Å². The van der Waals surface area contributed by atoms with Crippen LogP contribution in [-0.2, 0) is 16.8 Å². The summed E-state index contributed by atoms with van der Waals surface area (Å²) >= 11 is 0. The van der Waals surface area contributed by atoms with Crippen LogP contribution >= 0.6 is 0 Å². The van der Waals surface area contributed by atoms with Crippen molar-refractivity contribution in [2.75, 3.05) is 6.54 Å². The molecule has 1 aliphatic carbocycles. The Kier molecular flexibility index (Phi) is 4.73. The highest BCUT2D eigenvalue weighted by molar-refractivity contribution is 7.87. The van der Waals surface area contributed by atoms with Crippen molar-refractivity contribution in [2.24, 2.45) is 0 Å². The van der Waals surface area contributed by atoms with Gasteiger partial charge in [-0.1, -0.05) is 6.07 Å². The molecule has 0 saturated heterocycles. The molecular weight excluding hydrogens is 331 g/mol. The molecule has 124 valence electrons. The van der Waals surface area contributed by atoms with Crippen LogP contribution in [-0.4, -0.2) is 31.5 Å². The quantitative estimate of drug-likeness (QED) is 0.806. The summed E-state index contributed by atoms with van der Waals surface area (Å²) in [5, 5.41) is 0. The lowest BCUT2D eigenvalue weighted by molar-refractivity contribution is -0.121. The zero-order chi connectivity index (χ0) is 16.5. The molecule has 0 bridgehead atoms. The fourth-order valence-electron chi connectivity index (χ4n) is 1.85. The van der Waals surface area contributed by atoms with Crippen molar-refractivity contribution in [3.63, 3.8) is 0 Å². The van der Waals surface area contributed by atoms with Crippen molar-refractivity contribution >= 4 is 10.2 Å². The molecule has 0 aliphatic heterocycles. The monoisotopic (exact) mass is 344 g/mol. The summed E-state index contributed by atoms with van der Waals surface area (Å²) in [4.78, 5) is 0. The van der Waals surface area contributed by atoms with Gasteiger partial charge in [0, 0.05) is 24.2 Å². The zero-order valence-corrected chi connectivity index (χ0v) is 12.0. The first kappa shape index (κ1) is 17.1. The molecule has 0 spiro atoms. The number of nitrogens with zero attached hydrogens (tertiary/aromatic N) is 1. The summed E-state index contributed by atoms with van der Waals surface area (Å²) in [7, 11) is -4.41. The first-order chi connectivity index (χ1) is 10.1. The van der Waals surface area contributed by atoms with Gasteiger partial charge in [-0.05, 0) is 18.9 Å². The minimum Gasteiger partial charge on any atom is -0.207 e. The Labute approximate surface area is 124 Å². The molecule has 0 radical (unpaired) electrons. The second-order valence-electron chi connectivity index (χ2n) is 4.95. The predicted molar refractivity (Wildman–Crippen MR) is 67.9 cm³/mol. The second-order valence-corrected chi connectivity index (χ2v) is 6.66. The van der Waals surface area contributed by atoms with Crippen LogP contribution in [0, 0.1) is 11.6 Å². The molecule has 22 heavy (non-hydrogen) atoms. The third-order valence-corrected chi connectivity index (χ3v) is 4.61. The van der Waals surface area contributed by atoms with Gasteiger partial charge in [0.2, 0.25) is 0 Å². The molecule has 0 aromatic heterocycles. The third kappa shape index (κ3) is 4.62. The molecule has 1 aliphatic rings. The first-order valence-electron chi connectivity index (χ1n) is 6.35. The minimum atomic E-state index is -4.69. The Morgan fingerprint density at radius 3 is 2.36 bits per heavy atom. The van der Waals surface area contributed by atoms with Crippen LogP contribution < -0.4 is 4.72 Å². The summed E-state index contributed by atoms with van der Waals surface area (Å²) in [6, 6.07) is 2.14. The molecule has 0 unspecified atom stereocenters. The largest absolute Gasteiger partial charge is 0.402 e. The molecule has 10 heteroatoms. The number of halogens is 5. The van der Waals surface area contributed by atoms with Gasteiger partial charge >= 0.3 is 6.18 Å². The van der Waals surface area contributed by atoms with Crippen LogP contribution in [0.2, 0.25) is 0 Å². The molecule has 1 fully saturated rings. The number of hydrogen-bond acceptors (Lipinski definition) is 2. The van der Waals surface area contributed by atoms with Crippen molar-refractivity contribution in [3.8, 4) is 0 Å². The van der Waals surface area contributed by atoms with Crippen molar-refractivity contribution in [1.82, 2.24) is 9.03 Å². The predicted octanol–water partition coefficient (Wildman–Crippen LogP) is 2.33. The topological polar surface area (TPSA) is 49.4 Å². The van der Waals surface area contributed by atoms with Crippen LogP contribution in [0.15, 0.2) is 18.2 Å². The van der Waals surface area contributed by atoms with E-state index in [1.165, 1.54) is 4.72 Å². The summed E-state index contributed by atoms with van der Waals surface area (Å²) in [6.07, 6.45) is -3.73. The van der Waals surface area contributed by atoms with E-state index in [1.807, 2.05) is 0 Å². The molecule has 0 atom stereocenters. The van der Waals surface area contributed by atoms with Gasteiger partial charge in [0.25, 0.3) is 10.2 Å². The summed E-state index contributed by atoms with van der Waals surface area (Å²) in [5.74, 6) is -1.77. The molecule has 0 heterocycles. The third-order valence-electron chi connectivity index (χ3n) is 3.06. The normalized spacial score (nSPS) is 16.3. The van der Waals surface area contributed by atoms with Gasteiger partial charge in [0.1, 0.15) is 18.2 Å². The van der Waals surface area contributed by atoms with Crippen molar-refractivity contribution in [2.45, 2.75) is 31.6 Å². The standard InChI is InChI=1S/C12H13F5N2O2S/c13-9-2-1-8(11(14)5-9)6-19(10-3-4-10)22(20,21)18-7-12(15,16)17/h1-2,5,10,18H,3-4,6-7H2. The van der Waals surface area contributed by atoms with Gasteiger partial charge in [-0.2, -0.15) is 30.6 Å². The van der Waals surface area contributed by atoms with Crippen molar-refractivity contribution < 1.29 is 30.4 Å². The lowest BCUT2D eigenvalue weighted by atomic mass is 10.2. The van der Waals surface area contributed by atoms with E-state index in [9.17, 15) is 30.4 Å². The number of rotatable bonds is 6. The molecule has 4 nitrogen and oxygen atoms in total. The zero-order valence-electron chi connectivity index (χ0n) is 11.2. The van der Waals surface area contributed by atoms with Gasteiger partial charge in [-0.3, -0.25) is 0 Å². The molecule has 0 amide bonds. The van der Waals surface area contributed by atoms with Gasteiger partial charge < -0.3 is 0 Å². The van der Waals surface area contributed by atoms with Crippen LogP contribution in [0.25, 0.3) is 0 Å². The van der Waals surface area contributed by atoms with Crippen LogP contribution in [0.1, 0.15) is 18.4 Å². The highest BCUT2D eigenvalue weighted by Crippen LogP contribution is 2.31. The number of benzene rings is 1. The van der Waals surface area contributed by atoms with E-state index in [2.05, 4.69) is 0 Å². The maximum Gasteiger partial charge on any atom is 0.402 e. The Balaban J connectivity index is 2.16. The van der Waals surface area contributed by atoms with E-state index in [0.717, 1.165) is 16.4 Å². The van der Waals surface area contributed by atoms with Crippen LogP contribution in [0.5, 0.6) is 0 Å². The smallest absolute Gasteiger partial charge is 0.207 e. The van der Waals surface area contributed by atoms with E-state index in [4.69, 9.17) is 0 Å².